The summed E-state index contributed by atoms with van der Waals surface area (Å²) in [5, 5.41) is 0. The Morgan fingerprint density at radius 2 is 1.29 bits per heavy atom. The van der Waals surface area contributed by atoms with E-state index in [4.69, 9.17) is 18.9 Å². The van der Waals surface area contributed by atoms with Gasteiger partial charge in [0.05, 0.1) is 37.3 Å². The van der Waals surface area contributed by atoms with E-state index in [1.165, 1.54) is 0 Å². The van der Waals surface area contributed by atoms with E-state index in [2.05, 4.69) is 13.8 Å². The van der Waals surface area contributed by atoms with Crippen LogP contribution in [0.2, 0.25) is 0 Å². The molecule has 0 radical (unpaired) electrons. The van der Waals surface area contributed by atoms with Gasteiger partial charge in [-0.05, 0) is 19.3 Å². The Morgan fingerprint density at radius 3 is 1.54 bits per heavy atom. The van der Waals surface area contributed by atoms with Crippen LogP contribution in [0.25, 0.3) is 0 Å². The molecule has 0 aromatic heterocycles. The minimum absolute atomic E-state index is 0.0775. The molecule has 2 fully saturated rings. The fourth-order valence-electron chi connectivity index (χ4n) is 2.83. The van der Waals surface area contributed by atoms with Crippen LogP contribution >= 0.6 is 0 Å². The van der Waals surface area contributed by atoms with Crippen molar-refractivity contribution in [2.45, 2.75) is 46.5 Å². The standard InChI is InChI=1S/C18H30O6/c1-4-7-14(15(19)23-12-17(5-2)8-21-9-17)16(20)24-13-18(6-3)10-22-11-18/h14H,4-13H2,1-3H3. The summed E-state index contributed by atoms with van der Waals surface area (Å²) in [5.41, 5.74) is -0.155. The van der Waals surface area contributed by atoms with E-state index >= 15 is 0 Å². The second-order valence-electron chi connectivity index (χ2n) is 7.25. The summed E-state index contributed by atoms with van der Waals surface area (Å²) in [6, 6.07) is 0. The third kappa shape index (κ3) is 4.28. The molecule has 2 saturated heterocycles. The van der Waals surface area contributed by atoms with Crippen LogP contribution < -0.4 is 0 Å². The molecule has 2 heterocycles. The Bertz CT molecular complexity index is 390. The van der Waals surface area contributed by atoms with Crippen LogP contribution in [0.4, 0.5) is 0 Å². The van der Waals surface area contributed by atoms with Gasteiger partial charge < -0.3 is 18.9 Å². The highest BCUT2D eigenvalue weighted by Crippen LogP contribution is 2.33. The van der Waals surface area contributed by atoms with E-state index in [1.54, 1.807) is 0 Å². The summed E-state index contributed by atoms with van der Waals surface area (Å²) in [5.74, 6) is -1.78. The Labute approximate surface area is 144 Å². The molecule has 0 bridgehead atoms. The van der Waals surface area contributed by atoms with E-state index in [0.717, 1.165) is 19.3 Å². The van der Waals surface area contributed by atoms with Gasteiger partial charge in [0.25, 0.3) is 0 Å². The number of ether oxygens (including phenoxy) is 4. The number of hydrogen-bond acceptors (Lipinski definition) is 6. The maximum absolute atomic E-state index is 12.4. The molecule has 2 aliphatic heterocycles. The average Bonchev–Trinajstić information content (AvgIpc) is 2.51. The van der Waals surface area contributed by atoms with Gasteiger partial charge in [0.15, 0.2) is 5.92 Å². The lowest BCUT2D eigenvalue weighted by molar-refractivity contribution is -0.185. The number of carbonyl (C=O) groups is 2. The van der Waals surface area contributed by atoms with Crippen LogP contribution in [0, 0.1) is 16.7 Å². The zero-order valence-corrected chi connectivity index (χ0v) is 15.1. The molecule has 0 aromatic rings. The molecule has 6 nitrogen and oxygen atoms in total. The lowest BCUT2D eigenvalue weighted by atomic mass is 9.84. The fraction of sp³-hybridized carbons (Fsp3) is 0.889. The van der Waals surface area contributed by atoms with Gasteiger partial charge >= 0.3 is 11.9 Å². The lowest BCUT2D eigenvalue weighted by Gasteiger charge is -2.40. The summed E-state index contributed by atoms with van der Waals surface area (Å²) in [7, 11) is 0. The SMILES string of the molecule is CCCC(C(=O)OCC1(CC)COC1)C(=O)OCC1(CC)COC1. The van der Waals surface area contributed by atoms with E-state index in [9.17, 15) is 9.59 Å². The number of rotatable bonds is 10. The van der Waals surface area contributed by atoms with Gasteiger partial charge in [-0.1, -0.05) is 27.2 Å². The van der Waals surface area contributed by atoms with Crippen molar-refractivity contribution in [2.24, 2.45) is 16.7 Å². The largest absolute Gasteiger partial charge is 0.464 e. The summed E-state index contributed by atoms with van der Waals surface area (Å²) in [4.78, 5) is 24.7. The molecule has 0 atom stereocenters. The first-order valence-electron chi connectivity index (χ1n) is 8.98. The number of esters is 2. The second-order valence-corrected chi connectivity index (χ2v) is 7.25. The molecule has 6 heteroatoms. The van der Waals surface area contributed by atoms with Gasteiger partial charge in [-0.15, -0.1) is 0 Å². The van der Waals surface area contributed by atoms with E-state index in [-0.39, 0.29) is 10.8 Å². The van der Waals surface area contributed by atoms with Crippen LogP contribution in [0.1, 0.15) is 46.5 Å². The predicted molar refractivity (Wildman–Crippen MR) is 87.4 cm³/mol. The Kier molecular flexibility index (Phi) is 6.63. The highest BCUT2D eigenvalue weighted by Gasteiger charge is 2.41. The van der Waals surface area contributed by atoms with Gasteiger partial charge in [-0.25, -0.2) is 0 Å². The highest BCUT2D eigenvalue weighted by molar-refractivity contribution is 5.94. The third-order valence-corrected chi connectivity index (χ3v) is 5.32. The normalized spacial score (nSPS) is 20.8. The maximum Gasteiger partial charge on any atom is 0.320 e. The van der Waals surface area contributed by atoms with Crippen LogP contribution in [0.5, 0.6) is 0 Å². The molecule has 0 spiro atoms. The van der Waals surface area contributed by atoms with Crippen LogP contribution in [-0.2, 0) is 28.5 Å². The van der Waals surface area contributed by atoms with Crippen molar-refractivity contribution in [1.29, 1.82) is 0 Å². The zero-order valence-electron chi connectivity index (χ0n) is 15.1. The van der Waals surface area contributed by atoms with Crippen molar-refractivity contribution in [1.82, 2.24) is 0 Å². The molecule has 0 N–H and O–H groups in total. The average molecular weight is 342 g/mol. The van der Waals surface area contributed by atoms with Crippen molar-refractivity contribution >= 4 is 11.9 Å². The quantitative estimate of drug-likeness (QED) is 0.448. The van der Waals surface area contributed by atoms with Crippen LogP contribution in [-0.4, -0.2) is 51.6 Å². The van der Waals surface area contributed by atoms with E-state index in [1.807, 2.05) is 6.92 Å². The molecule has 0 saturated carbocycles. The molecule has 24 heavy (non-hydrogen) atoms. The summed E-state index contributed by atoms with van der Waals surface area (Å²) >= 11 is 0. The van der Waals surface area contributed by atoms with Gasteiger partial charge in [0.1, 0.15) is 13.2 Å². The maximum atomic E-state index is 12.4. The molecule has 138 valence electrons. The molecule has 0 amide bonds. The minimum atomic E-state index is -0.834. The monoisotopic (exact) mass is 342 g/mol. The second kappa shape index (κ2) is 8.30. The highest BCUT2D eigenvalue weighted by atomic mass is 16.6. The van der Waals surface area contributed by atoms with Crippen molar-refractivity contribution < 1.29 is 28.5 Å². The third-order valence-electron chi connectivity index (χ3n) is 5.32. The zero-order chi connectivity index (χ0) is 17.6. The molecular formula is C18H30O6. The Hall–Kier alpha value is -1.14. The topological polar surface area (TPSA) is 71.1 Å². The van der Waals surface area contributed by atoms with Crippen LogP contribution in [0.15, 0.2) is 0 Å². The molecule has 2 aliphatic rings. The van der Waals surface area contributed by atoms with E-state index < -0.39 is 17.9 Å². The van der Waals surface area contributed by atoms with E-state index in [0.29, 0.717) is 46.1 Å². The van der Waals surface area contributed by atoms with Gasteiger partial charge in [-0.2, -0.15) is 0 Å². The van der Waals surface area contributed by atoms with Crippen molar-refractivity contribution in [3.8, 4) is 0 Å². The minimum Gasteiger partial charge on any atom is -0.464 e. The van der Waals surface area contributed by atoms with Crippen molar-refractivity contribution in [2.75, 3.05) is 39.6 Å². The van der Waals surface area contributed by atoms with Gasteiger partial charge in [-0.3, -0.25) is 9.59 Å². The molecule has 2 rings (SSSR count). The Morgan fingerprint density at radius 1 is 0.875 bits per heavy atom. The first-order chi connectivity index (χ1) is 11.5. The Balaban J connectivity index is 1.84. The van der Waals surface area contributed by atoms with Crippen LogP contribution in [0.3, 0.4) is 0 Å². The predicted octanol–water partition coefficient (Wildman–Crippen LogP) is 2.34. The first-order valence-corrected chi connectivity index (χ1v) is 8.98. The van der Waals surface area contributed by atoms with Gasteiger partial charge in [0.2, 0.25) is 0 Å². The summed E-state index contributed by atoms with van der Waals surface area (Å²) in [6.07, 6.45) is 2.95. The fourth-order valence-corrected chi connectivity index (χ4v) is 2.83. The smallest absolute Gasteiger partial charge is 0.320 e. The molecular weight excluding hydrogens is 312 g/mol. The number of carbonyl (C=O) groups excluding carboxylic acids is 2. The summed E-state index contributed by atoms with van der Waals surface area (Å²) < 4.78 is 21.3. The number of hydrogen-bond donors (Lipinski definition) is 0. The van der Waals surface area contributed by atoms with Crippen molar-refractivity contribution in [3.63, 3.8) is 0 Å². The molecule has 0 aromatic carbocycles. The summed E-state index contributed by atoms with van der Waals surface area (Å²) in [6.45, 7) is 9.10. The van der Waals surface area contributed by atoms with Gasteiger partial charge in [0, 0.05) is 0 Å². The molecule has 0 aliphatic carbocycles. The van der Waals surface area contributed by atoms with Crippen molar-refractivity contribution in [3.05, 3.63) is 0 Å². The lowest BCUT2D eigenvalue weighted by Crippen LogP contribution is -2.47. The first kappa shape index (κ1) is 19.2. The molecule has 0 unspecified atom stereocenters.